The highest BCUT2D eigenvalue weighted by Crippen LogP contribution is 2.27. The summed E-state index contributed by atoms with van der Waals surface area (Å²) in [5.41, 5.74) is 5.88. The monoisotopic (exact) mass is 612 g/mol. The summed E-state index contributed by atoms with van der Waals surface area (Å²) in [6.45, 7) is 3.97. The van der Waals surface area contributed by atoms with E-state index in [0.717, 1.165) is 47.7 Å². The number of aromatic amines is 1. The fourth-order valence-corrected chi connectivity index (χ4v) is 4.11. The Morgan fingerprint density at radius 1 is 0.953 bits per heavy atom. The van der Waals surface area contributed by atoms with Gasteiger partial charge in [0, 0.05) is 60.3 Å². The number of rotatable bonds is 5. The molecule has 1 amide bonds. The molecular weight excluding hydrogens is 586 g/mol. The molecule has 2 aromatic heterocycles. The summed E-state index contributed by atoms with van der Waals surface area (Å²) < 4.78 is 67.9. The number of fused-ring (bicyclic) bond motifs is 1. The average molecular weight is 613 g/mol. The van der Waals surface area contributed by atoms with Crippen molar-refractivity contribution in [3.63, 3.8) is 0 Å². The molecule has 0 aliphatic carbocycles. The van der Waals surface area contributed by atoms with Gasteiger partial charge in [0.05, 0.1) is 31.0 Å². The summed E-state index contributed by atoms with van der Waals surface area (Å²) >= 11 is 0. The predicted octanol–water partition coefficient (Wildman–Crippen LogP) is 4.04. The number of nitrogens with one attached hydrogen (secondary N) is 2. The molecule has 1 fully saturated rings. The number of carbonyl (C=O) groups excluding carboxylic acids is 4. The van der Waals surface area contributed by atoms with Crippen LogP contribution in [0.25, 0.3) is 22.5 Å². The van der Waals surface area contributed by atoms with Crippen molar-refractivity contribution in [2.75, 3.05) is 39.4 Å². The van der Waals surface area contributed by atoms with Crippen LogP contribution in [0.3, 0.4) is 0 Å². The minimum atomic E-state index is -4.64. The normalized spacial score (nSPS) is 15.1. The third-order valence-corrected chi connectivity index (χ3v) is 6.09. The zero-order chi connectivity index (χ0) is 31.6. The van der Waals surface area contributed by atoms with Crippen LogP contribution in [0.2, 0.25) is 0 Å². The van der Waals surface area contributed by atoms with Gasteiger partial charge in [-0.1, -0.05) is 18.2 Å². The van der Waals surface area contributed by atoms with Crippen LogP contribution in [-0.2, 0) is 20.7 Å². The van der Waals surface area contributed by atoms with E-state index in [4.69, 9.17) is 14.3 Å². The molecule has 0 bridgehead atoms. The summed E-state index contributed by atoms with van der Waals surface area (Å²) in [5, 5.41) is 2.87. The number of halogens is 6. The highest BCUT2D eigenvalue weighted by molar-refractivity contribution is 5.99. The minimum absolute atomic E-state index is 0.0375. The number of nitrogens with zero attached hydrogens (tertiary/aromatic N) is 2. The van der Waals surface area contributed by atoms with Gasteiger partial charge < -0.3 is 15.0 Å². The van der Waals surface area contributed by atoms with Crippen molar-refractivity contribution in [1.29, 1.82) is 0 Å². The summed E-state index contributed by atoms with van der Waals surface area (Å²) in [7, 11) is 0. The molecule has 9 nitrogen and oxygen atoms in total. The van der Waals surface area contributed by atoms with E-state index in [-0.39, 0.29) is 11.7 Å². The maximum absolute atomic E-state index is 12.8. The molecule has 1 aromatic carbocycles. The molecular formula is C28H26F6N4O5. The van der Waals surface area contributed by atoms with Crippen molar-refractivity contribution < 1.29 is 50.3 Å². The highest BCUT2D eigenvalue weighted by Gasteiger charge is 2.25. The highest BCUT2D eigenvalue weighted by atomic mass is 19.4. The Kier molecular flexibility index (Phi) is 11.3. The Balaban J connectivity index is 0.000000359. The SMILES string of the molecule is O=C(CN1CCOCC1)c1cccc(-c2cc(-c3cc4c([nH]3)CCNC4=O)ccn2)c1.O=CC(F)(F)F.O=CC(F)(F)F. The number of hydrogen-bond acceptors (Lipinski definition) is 7. The Bertz CT molecular complexity index is 1410. The number of aldehydes is 2. The van der Waals surface area contributed by atoms with Crippen LogP contribution in [0.1, 0.15) is 26.4 Å². The molecule has 0 spiro atoms. The molecule has 2 aliphatic rings. The summed E-state index contributed by atoms with van der Waals surface area (Å²) in [6, 6.07) is 13.4. The van der Waals surface area contributed by atoms with Crippen molar-refractivity contribution in [2.24, 2.45) is 0 Å². The van der Waals surface area contributed by atoms with Gasteiger partial charge in [0.15, 0.2) is 5.78 Å². The number of morpholine rings is 1. The number of H-pyrrole nitrogens is 1. The van der Waals surface area contributed by atoms with E-state index in [1.807, 2.05) is 42.5 Å². The van der Waals surface area contributed by atoms with E-state index in [1.54, 1.807) is 6.20 Å². The number of amides is 1. The molecule has 4 heterocycles. The van der Waals surface area contributed by atoms with Crippen LogP contribution < -0.4 is 5.32 Å². The molecule has 1 saturated heterocycles. The van der Waals surface area contributed by atoms with E-state index in [0.29, 0.717) is 37.4 Å². The first-order valence-corrected chi connectivity index (χ1v) is 12.8. The topological polar surface area (TPSA) is 121 Å². The van der Waals surface area contributed by atoms with Crippen molar-refractivity contribution in [3.8, 4) is 22.5 Å². The van der Waals surface area contributed by atoms with Gasteiger partial charge in [0.25, 0.3) is 5.91 Å². The van der Waals surface area contributed by atoms with Crippen molar-refractivity contribution in [2.45, 2.75) is 18.8 Å². The van der Waals surface area contributed by atoms with E-state index in [2.05, 4.69) is 20.2 Å². The van der Waals surface area contributed by atoms with Crippen LogP contribution in [0.15, 0.2) is 48.7 Å². The van der Waals surface area contributed by atoms with Crippen LogP contribution in [0.4, 0.5) is 26.3 Å². The number of aromatic nitrogens is 2. The standard InChI is InChI=1S/C24H24N4O3.2C2HF3O/c29-23(15-28-8-10-31-11-9-28)18-3-1-2-16(12-18)21-13-17(4-6-25-21)22-14-19-20(27-22)5-7-26-24(19)30;2*3-2(4,5)1-6/h1-4,6,12-14,27H,5,7-11,15H2,(H,26,30);2*1H. The van der Waals surface area contributed by atoms with Crippen LogP contribution in [0.5, 0.6) is 0 Å². The lowest BCUT2D eigenvalue weighted by atomic mass is 10.0. The van der Waals surface area contributed by atoms with E-state index in [1.165, 1.54) is 0 Å². The lowest BCUT2D eigenvalue weighted by Gasteiger charge is -2.25. The fourth-order valence-electron chi connectivity index (χ4n) is 4.11. The second kappa shape index (κ2) is 14.7. The number of Topliss-reactive ketones (excluding diaryl/α,β-unsaturated/α-hetero) is 1. The van der Waals surface area contributed by atoms with Crippen molar-refractivity contribution in [1.82, 2.24) is 20.2 Å². The number of alkyl halides is 6. The van der Waals surface area contributed by atoms with E-state index < -0.39 is 24.9 Å². The summed E-state index contributed by atoms with van der Waals surface area (Å²) in [5.74, 6) is 0.0625. The Hall–Kier alpha value is -4.37. The van der Waals surface area contributed by atoms with Gasteiger partial charge in [-0.25, -0.2) is 0 Å². The minimum Gasteiger partial charge on any atom is -0.379 e. The summed E-state index contributed by atoms with van der Waals surface area (Å²) in [6.07, 6.45) is -8.85. The van der Waals surface area contributed by atoms with E-state index in [9.17, 15) is 35.9 Å². The zero-order valence-corrected chi connectivity index (χ0v) is 22.4. The Morgan fingerprint density at radius 2 is 1.60 bits per heavy atom. The number of ketones is 1. The largest absolute Gasteiger partial charge is 0.446 e. The molecule has 5 rings (SSSR count). The maximum Gasteiger partial charge on any atom is 0.446 e. The zero-order valence-electron chi connectivity index (χ0n) is 22.4. The lowest BCUT2D eigenvalue weighted by Crippen LogP contribution is -2.39. The first kappa shape index (κ1) is 33.1. The molecule has 43 heavy (non-hydrogen) atoms. The summed E-state index contributed by atoms with van der Waals surface area (Å²) in [4.78, 5) is 52.3. The molecule has 0 radical (unpaired) electrons. The van der Waals surface area contributed by atoms with Gasteiger partial charge in [0.1, 0.15) is 0 Å². The third kappa shape index (κ3) is 10.4. The first-order valence-electron chi connectivity index (χ1n) is 12.8. The first-order chi connectivity index (χ1) is 20.3. The maximum atomic E-state index is 12.8. The van der Waals surface area contributed by atoms with Gasteiger partial charge in [-0.05, 0) is 24.3 Å². The third-order valence-electron chi connectivity index (χ3n) is 6.09. The molecule has 0 saturated carbocycles. The fraction of sp³-hybridized carbons (Fsp3) is 0.321. The number of ether oxygens (including phenoxy) is 1. The van der Waals surface area contributed by atoms with Crippen molar-refractivity contribution in [3.05, 3.63) is 65.5 Å². The van der Waals surface area contributed by atoms with E-state index >= 15 is 0 Å². The molecule has 15 heteroatoms. The second-order valence-corrected chi connectivity index (χ2v) is 9.22. The Morgan fingerprint density at radius 3 is 2.21 bits per heavy atom. The predicted molar refractivity (Wildman–Crippen MR) is 141 cm³/mol. The quantitative estimate of drug-likeness (QED) is 0.254. The lowest BCUT2D eigenvalue weighted by molar-refractivity contribution is -0.156. The van der Waals surface area contributed by atoms with Crippen molar-refractivity contribution >= 4 is 24.3 Å². The Labute approximate surface area is 241 Å². The number of hydrogen-bond donors (Lipinski definition) is 2. The number of benzene rings is 1. The van der Waals surface area contributed by atoms with Crippen LogP contribution in [0, 0.1) is 0 Å². The van der Waals surface area contributed by atoms with Gasteiger partial charge in [-0.3, -0.25) is 29.1 Å². The number of carbonyl (C=O) groups is 4. The average Bonchev–Trinajstić information content (AvgIpc) is 3.44. The van der Waals surface area contributed by atoms with Crippen LogP contribution >= 0.6 is 0 Å². The van der Waals surface area contributed by atoms with Gasteiger partial charge in [0.2, 0.25) is 12.6 Å². The second-order valence-electron chi connectivity index (χ2n) is 9.22. The molecule has 0 unspecified atom stereocenters. The molecule has 3 aromatic rings. The molecule has 2 aliphatic heterocycles. The molecule has 0 atom stereocenters. The smallest absolute Gasteiger partial charge is 0.379 e. The van der Waals surface area contributed by atoms with Gasteiger partial charge in [-0.2, -0.15) is 26.3 Å². The van der Waals surface area contributed by atoms with Crippen LogP contribution in [-0.4, -0.2) is 90.9 Å². The van der Waals surface area contributed by atoms with Gasteiger partial charge in [-0.15, -0.1) is 0 Å². The molecule has 230 valence electrons. The number of pyridine rings is 1. The molecule has 2 N–H and O–H groups in total. The van der Waals surface area contributed by atoms with Gasteiger partial charge >= 0.3 is 12.4 Å².